The molecular weight excluding hydrogens is 366 g/mol. The van der Waals surface area contributed by atoms with Crippen LogP contribution < -0.4 is 9.64 Å². The smallest absolute Gasteiger partial charge is 0.344 e. The zero-order valence-electron chi connectivity index (χ0n) is 15.3. The predicted molar refractivity (Wildman–Crippen MR) is 97.5 cm³/mol. The minimum absolute atomic E-state index is 0.0531. The minimum atomic E-state index is -0.798. The highest BCUT2D eigenvalue weighted by molar-refractivity contribution is 6.34. The second-order valence-corrected chi connectivity index (χ2v) is 5.79. The second-order valence-electron chi connectivity index (χ2n) is 5.79. The molecule has 3 rings (SSSR count). The summed E-state index contributed by atoms with van der Waals surface area (Å²) in [6.45, 7) is 1.81. The summed E-state index contributed by atoms with van der Waals surface area (Å²) >= 11 is 0. The third kappa shape index (κ3) is 3.57. The molecule has 1 aliphatic heterocycles. The molecule has 0 unspecified atom stereocenters. The lowest BCUT2D eigenvalue weighted by atomic mass is 10.1. The first-order valence-electron chi connectivity index (χ1n) is 8.46. The molecule has 0 saturated heterocycles. The molecule has 8 nitrogen and oxygen atoms in total. The minimum Gasteiger partial charge on any atom is -0.494 e. The van der Waals surface area contributed by atoms with E-state index >= 15 is 0 Å². The van der Waals surface area contributed by atoms with Crippen LogP contribution in [0.25, 0.3) is 0 Å². The first kappa shape index (κ1) is 19.1. The number of nitrogens with zero attached hydrogens (tertiary/aromatic N) is 1. The van der Waals surface area contributed by atoms with E-state index in [0.29, 0.717) is 18.0 Å². The molecule has 1 heterocycles. The Balaban J connectivity index is 1.83. The van der Waals surface area contributed by atoms with Crippen LogP contribution in [0.1, 0.15) is 38.0 Å². The molecule has 144 valence electrons. The van der Waals surface area contributed by atoms with Gasteiger partial charge in [0.05, 0.1) is 36.1 Å². The molecule has 1 aliphatic rings. The molecule has 0 aromatic heterocycles. The van der Waals surface area contributed by atoms with E-state index in [9.17, 15) is 19.2 Å². The number of anilines is 1. The molecule has 2 amide bonds. The Kier molecular flexibility index (Phi) is 5.39. The molecule has 0 radical (unpaired) electrons. The van der Waals surface area contributed by atoms with Crippen molar-refractivity contribution in [1.82, 2.24) is 0 Å². The van der Waals surface area contributed by atoms with Gasteiger partial charge in [-0.05, 0) is 49.4 Å². The first-order valence-corrected chi connectivity index (χ1v) is 8.46. The fourth-order valence-corrected chi connectivity index (χ4v) is 2.73. The second kappa shape index (κ2) is 7.91. The van der Waals surface area contributed by atoms with Crippen molar-refractivity contribution in [2.24, 2.45) is 0 Å². The van der Waals surface area contributed by atoms with E-state index in [2.05, 4.69) is 4.74 Å². The number of methoxy groups -OCH3 is 1. The average Bonchev–Trinajstić information content (AvgIpc) is 2.96. The predicted octanol–water partition coefficient (Wildman–Crippen LogP) is 2.22. The van der Waals surface area contributed by atoms with Crippen LogP contribution >= 0.6 is 0 Å². The third-order valence-corrected chi connectivity index (χ3v) is 4.08. The maximum atomic E-state index is 12.8. The lowest BCUT2D eigenvalue weighted by Crippen LogP contribution is -2.29. The highest BCUT2D eigenvalue weighted by atomic mass is 16.6. The number of carbonyl (C=O) groups excluding carboxylic acids is 4. The Bertz CT molecular complexity index is 950. The molecule has 0 bridgehead atoms. The first-order chi connectivity index (χ1) is 13.5. The van der Waals surface area contributed by atoms with Crippen molar-refractivity contribution < 1.29 is 33.4 Å². The van der Waals surface area contributed by atoms with E-state index < -0.39 is 30.4 Å². The summed E-state index contributed by atoms with van der Waals surface area (Å²) in [6.07, 6.45) is 0. The summed E-state index contributed by atoms with van der Waals surface area (Å²) < 4.78 is 14.6. The number of rotatable bonds is 6. The van der Waals surface area contributed by atoms with Gasteiger partial charge < -0.3 is 14.2 Å². The van der Waals surface area contributed by atoms with Gasteiger partial charge in [0.15, 0.2) is 6.61 Å². The van der Waals surface area contributed by atoms with Crippen LogP contribution in [0.15, 0.2) is 42.5 Å². The van der Waals surface area contributed by atoms with Gasteiger partial charge in [0, 0.05) is 0 Å². The van der Waals surface area contributed by atoms with Crippen LogP contribution in [0.4, 0.5) is 5.69 Å². The Labute approximate surface area is 160 Å². The number of hydrogen-bond acceptors (Lipinski definition) is 7. The topological polar surface area (TPSA) is 99.2 Å². The van der Waals surface area contributed by atoms with Gasteiger partial charge >= 0.3 is 11.9 Å². The van der Waals surface area contributed by atoms with Crippen molar-refractivity contribution in [3.63, 3.8) is 0 Å². The molecule has 0 N–H and O–H groups in total. The van der Waals surface area contributed by atoms with Gasteiger partial charge in [-0.15, -0.1) is 0 Å². The highest BCUT2D eigenvalue weighted by Crippen LogP contribution is 2.30. The van der Waals surface area contributed by atoms with Crippen molar-refractivity contribution >= 4 is 29.4 Å². The van der Waals surface area contributed by atoms with Crippen molar-refractivity contribution in [2.75, 3.05) is 25.2 Å². The van der Waals surface area contributed by atoms with Crippen LogP contribution in [-0.4, -0.2) is 44.1 Å². The molecule has 2 aromatic carbocycles. The van der Waals surface area contributed by atoms with Crippen LogP contribution in [0.5, 0.6) is 5.75 Å². The quantitative estimate of drug-likeness (QED) is 0.557. The van der Waals surface area contributed by atoms with Gasteiger partial charge in [0.2, 0.25) is 0 Å². The Morgan fingerprint density at radius 1 is 0.964 bits per heavy atom. The summed E-state index contributed by atoms with van der Waals surface area (Å²) in [5, 5.41) is 0. The molecule has 0 saturated carbocycles. The number of esters is 2. The number of ether oxygens (including phenoxy) is 3. The van der Waals surface area contributed by atoms with Crippen LogP contribution in [-0.2, 0) is 14.3 Å². The largest absolute Gasteiger partial charge is 0.494 e. The van der Waals surface area contributed by atoms with E-state index in [4.69, 9.17) is 9.47 Å². The Hall–Kier alpha value is -3.68. The Morgan fingerprint density at radius 2 is 1.64 bits per heavy atom. The third-order valence-electron chi connectivity index (χ3n) is 4.08. The van der Waals surface area contributed by atoms with Crippen molar-refractivity contribution in [3.8, 4) is 5.75 Å². The van der Waals surface area contributed by atoms with E-state index in [0.717, 1.165) is 4.90 Å². The molecular formula is C20H17NO7. The normalized spacial score (nSPS) is 12.6. The van der Waals surface area contributed by atoms with Gasteiger partial charge in [-0.3, -0.25) is 9.59 Å². The SMILES string of the molecule is CCOc1ccc(N2C(=O)c3ccc(C(=O)OCC(=O)OC)cc3C2=O)cc1. The fraction of sp³-hybridized carbons (Fsp3) is 0.200. The number of fused-ring (bicyclic) bond motifs is 1. The monoisotopic (exact) mass is 383 g/mol. The molecule has 0 atom stereocenters. The number of hydrogen-bond donors (Lipinski definition) is 0. The standard InChI is InChI=1S/C20H17NO7/c1-3-27-14-7-5-13(6-8-14)21-18(23)15-9-4-12(10-16(15)19(21)24)20(25)28-11-17(22)26-2/h4-10H,3,11H2,1-2H3. The molecule has 8 heteroatoms. The number of benzene rings is 2. The van der Waals surface area contributed by atoms with Gasteiger partial charge in [0.25, 0.3) is 11.8 Å². The van der Waals surface area contributed by atoms with Crippen LogP contribution in [0, 0.1) is 0 Å². The summed E-state index contributed by atoms with van der Waals surface area (Å²) in [5.74, 6) is -1.92. The summed E-state index contributed by atoms with van der Waals surface area (Å²) in [7, 11) is 1.17. The lowest BCUT2D eigenvalue weighted by molar-refractivity contribution is -0.144. The summed E-state index contributed by atoms with van der Waals surface area (Å²) in [4.78, 5) is 49.6. The molecule has 28 heavy (non-hydrogen) atoms. The van der Waals surface area contributed by atoms with Crippen molar-refractivity contribution in [1.29, 1.82) is 0 Å². The zero-order chi connectivity index (χ0) is 20.3. The van der Waals surface area contributed by atoms with E-state index in [-0.39, 0.29) is 16.7 Å². The van der Waals surface area contributed by atoms with Gasteiger partial charge in [-0.2, -0.15) is 0 Å². The zero-order valence-corrected chi connectivity index (χ0v) is 15.3. The van der Waals surface area contributed by atoms with Crippen molar-refractivity contribution in [2.45, 2.75) is 6.92 Å². The number of imide groups is 1. The maximum Gasteiger partial charge on any atom is 0.344 e. The van der Waals surface area contributed by atoms with E-state index in [1.54, 1.807) is 24.3 Å². The van der Waals surface area contributed by atoms with Crippen LogP contribution in [0.3, 0.4) is 0 Å². The van der Waals surface area contributed by atoms with Crippen LogP contribution in [0.2, 0.25) is 0 Å². The summed E-state index contributed by atoms with van der Waals surface area (Å²) in [6, 6.07) is 10.6. The van der Waals surface area contributed by atoms with Gasteiger partial charge in [0.1, 0.15) is 5.75 Å². The van der Waals surface area contributed by atoms with Crippen molar-refractivity contribution in [3.05, 3.63) is 59.2 Å². The maximum absolute atomic E-state index is 12.8. The highest BCUT2D eigenvalue weighted by Gasteiger charge is 2.37. The molecule has 0 spiro atoms. The average molecular weight is 383 g/mol. The van der Waals surface area contributed by atoms with E-state index in [1.165, 1.54) is 25.3 Å². The molecule has 2 aromatic rings. The number of carbonyl (C=O) groups is 4. The van der Waals surface area contributed by atoms with Gasteiger partial charge in [-0.25, -0.2) is 14.5 Å². The summed E-state index contributed by atoms with van der Waals surface area (Å²) in [5.41, 5.74) is 0.719. The molecule has 0 fully saturated rings. The fourth-order valence-electron chi connectivity index (χ4n) is 2.73. The Morgan fingerprint density at radius 3 is 2.29 bits per heavy atom. The lowest BCUT2D eigenvalue weighted by Gasteiger charge is -2.14. The van der Waals surface area contributed by atoms with E-state index in [1.807, 2.05) is 6.92 Å². The number of amides is 2. The molecule has 0 aliphatic carbocycles. The van der Waals surface area contributed by atoms with Gasteiger partial charge in [-0.1, -0.05) is 0 Å².